The summed E-state index contributed by atoms with van der Waals surface area (Å²) < 4.78 is 0. The van der Waals surface area contributed by atoms with Gasteiger partial charge in [-0.1, -0.05) is 115 Å². The molecule has 0 aliphatic heterocycles. The van der Waals surface area contributed by atoms with Gasteiger partial charge in [0.2, 0.25) is 0 Å². The number of fused-ring (bicyclic) bond motifs is 10. The number of anilines is 3. The Morgan fingerprint density at radius 3 is 1.70 bits per heavy atom. The molecule has 190 valence electrons. The number of benzene rings is 6. The third-order valence-corrected chi connectivity index (χ3v) is 8.76. The van der Waals surface area contributed by atoms with Crippen LogP contribution in [0.2, 0.25) is 5.02 Å². The number of hydrogen-bond acceptors (Lipinski definition) is 1. The lowest BCUT2D eigenvalue weighted by Crippen LogP contribution is -2.26. The number of aryl methyl sites for hydroxylation is 1. The Hall–Kier alpha value is -4.59. The molecule has 0 heterocycles. The van der Waals surface area contributed by atoms with Crippen molar-refractivity contribution in [2.45, 2.75) is 12.3 Å². The average molecular weight is 532 g/mol. The fraction of sp³-hybridized carbons (Fsp3) is 0.0526. The smallest absolute Gasteiger partial charge is 0.0726 e. The Kier molecular flexibility index (Phi) is 5.08. The van der Waals surface area contributed by atoms with Gasteiger partial charge in [-0.05, 0) is 87.8 Å². The largest absolute Gasteiger partial charge is 0.310 e. The minimum atomic E-state index is -0.373. The summed E-state index contributed by atoms with van der Waals surface area (Å²) >= 11 is 6.65. The van der Waals surface area contributed by atoms with Gasteiger partial charge < -0.3 is 4.90 Å². The van der Waals surface area contributed by atoms with Crippen molar-refractivity contribution < 1.29 is 0 Å². The predicted octanol–water partition coefficient (Wildman–Crippen LogP) is 10.5. The Labute approximate surface area is 239 Å². The van der Waals surface area contributed by atoms with Crippen LogP contribution in [-0.2, 0) is 5.41 Å². The van der Waals surface area contributed by atoms with Gasteiger partial charge >= 0.3 is 0 Å². The van der Waals surface area contributed by atoms with E-state index in [2.05, 4.69) is 145 Å². The van der Waals surface area contributed by atoms with Crippen LogP contribution >= 0.6 is 11.6 Å². The monoisotopic (exact) mass is 531 g/mol. The van der Waals surface area contributed by atoms with E-state index in [9.17, 15) is 0 Å². The first kappa shape index (κ1) is 23.3. The van der Waals surface area contributed by atoms with Gasteiger partial charge in [-0.15, -0.1) is 0 Å². The van der Waals surface area contributed by atoms with Crippen molar-refractivity contribution in [3.8, 4) is 22.3 Å². The van der Waals surface area contributed by atoms with Crippen LogP contribution in [0, 0.1) is 6.92 Å². The molecule has 1 nitrogen and oxygen atoms in total. The molecule has 6 aromatic carbocycles. The van der Waals surface area contributed by atoms with Gasteiger partial charge in [0.15, 0.2) is 0 Å². The Morgan fingerprint density at radius 1 is 0.500 bits per heavy atom. The highest BCUT2D eigenvalue weighted by Crippen LogP contribution is 2.64. The lowest BCUT2D eigenvalue weighted by atomic mass is 9.70. The Morgan fingerprint density at radius 2 is 1.05 bits per heavy atom. The molecule has 2 aliphatic carbocycles. The topological polar surface area (TPSA) is 3.24 Å². The third kappa shape index (κ3) is 3.10. The van der Waals surface area contributed by atoms with Gasteiger partial charge in [0.1, 0.15) is 0 Å². The fourth-order valence-electron chi connectivity index (χ4n) is 7.16. The van der Waals surface area contributed by atoms with Gasteiger partial charge in [0, 0.05) is 22.0 Å². The Balaban J connectivity index is 1.50. The quantitative estimate of drug-likeness (QED) is 0.219. The maximum Gasteiger partial charge on any atom is 0.0726 e. The standard InChI is InChI=1S/C38H26ClN/c1-25-22-26(39)24-28(23-25)40(27-12-3-2-4-13-27)36-21-11-20-35-37(36)31-16-7-10-19-34(31)38(35)32-17-8-5-14-29(32)30-15-6-9-18-33(30)38/h2-24H,1H3. The molecule has 0 atom stereocenters. The lowest BCUT2D eigenvalue weighted by Gasteiger charge is -2.32. The normalized spacial score (nSPS) is 13.4. The molecule has 8 rings (SSSR count). The summed E-state index contributed by atoms with van der Waals surface area (Å²) in [6.07, 6.45) is 0. The highest BCUT2D eigenvalue weighted by Gasteiger charge is 2.52. The second-order valence-electron chi connectivity index (χ2n) is 10.7. The van der Waals surface area contributed by atoms with Crippen molar-refractivity contribution in [3.05, 3.63) is 172 Å². The number of nitrogens with zero attached hydrogens (tertiary/aromatic N) is 1. The molecule has 0 radical (unpaired) electrons. The van der Waals surface area contributed by atoms with E-state index in [1.54, 1.807) is 0 Å². The molecular weight excluding hydrogens is 506 g/mol. The maximum atomic E-state index is 6.65. The highest BCUT2D eigenvalue weighted by atomic mass is 35.5. The van der Waals surface area contributed by atoms with E-state index in [0.29, 0.717) is 0 Å². The molecule has 0 bridgehead atoms. The molecular formula is C38H26ClN. The number of hydrogen-bond donors (Lipinski definition) is 0. The van der Waals surface area contributed by atoms with Gasteiger partial charge in [-0.2, -0.15) is 0 Å². The van der Waals surface area contributed by atoms with Crippen molar-refractivity contribution in [1.29, 1.82) is 0 Å². The van der Waals surface area contributed by atoms with Crippen molar-refractivity contribution >= 4 is 28.7 Å². The van der Waals surface area contributed by atoms with Gasteiger partial charge in [0.05, 0.1) is 11.1 Å². The lowest BCUT2D eigenvalue weighted by molar-refractivity contribution is 0.794. The van der Waals surface area contributed by atoms with Crippen LogP contribution in [0.25, 0.3) is 22.3 Å². The molecule has 0 saturated carbocycles. The molecule has 0 amide bonds. The van der Waals surface area contributed by atoms with Crippen molar-refractivity contribution in [3.63, 3.8) is 0 Å². The van der Waals surface area contributed by atoms with E-state index >= 15 is 0 Å². The van der Waals surface area contributed by atoms with Crippen LogP contribution in [0.1, 0.15) is 27.8 Å². The average Bonchev–Trinajstić information content (AvgIpc) is 3.46. The van der Waals surface area contributed by atoms with E-state index in [1.165, 1.54) is 44.5 Å². The third-order valence-electron chi connectivity index (χ3n) is 8.54. The molecule has 40 heavy (non-hydrogen) atoms. The summed E-state index contributed by atoms with van der Waals surface area (Å²) in [5, 5.41) is 0.735. The first-order valence-corrected chi connectivity index (χ1v) is 14.1. The summed E-state index contributed by atoms with van der Waals surface area (Å²) in [5.41, 5.74) is 14.6. The molecule has 0 aromatic heterocycles. The fourth-order valence-corrected chi connectivity index (χ4v) is 7.44. The maximum absolute atomic E-state index is 6.65. The van der Waals surface area contributed by atoms with E-state index < -0.39 is 0 Å². The van der Waals surface area contributed by atoms with Crippen LogP contribution in [0.3, 0.4) is 0 Å². The van der Waals surface area contributed by atoms with Gasteiger partial charge in [-0.3, -0.25) is 0 Å². The molecule has 0 saturated heterocycles. The number of halogens is 1. The second kappa shape index (κ2) is 8.71. The zero-order chi connectivity index (χ0) is 26.8. The molecule has 2 heteroatoms. The van der Waals surface area contributed by atoms with E-state index in [4.69, 9.17) is 11.6 Å². The first-order chi connectivity index (χ1) is 19.7. The van der Waals surface area contributed by atoms with Crippen LogP contribution < -0.4 is 4.90 Å². The van der Waals surface area contributed by atoms with Crippen LogP contribution in [0.4, 0.5) is 17.1 Å². The molecule has 6 aromatic rings. The van der Waals surface area contributed by atoms with Crippen molar-refractivity contribution in [2.75, 3.05) is 4.90 Å². The summed E-state index contributed by atoms with van der Waals surface area (Å²) in [7, 11) is 0. The van der Waals surface area contributed by atoms with E-state index in [0.717, 1.165) is 27.6 Å². The summed E-state index contributed by atoms with van der Waals surface area (Å²) in [5.74, 6) is 0. The summed E-state index contributed by atoms with van der Waals surface area (Å²) in [6, 6.07) is 50.6. The minimum Gasteiger partial charge on any atom is -0.310 e. The zero-order valence-electron chi connectivity index (χ0n) is 22.1. The minimum absolute atomic E-state index is 0.373. The second-order valence-corrected chi connectivity index (χ2v) is 11.2. The van der Waals surface area contributed by atoms with Gasteiger partial charge in [-0.25, -0.2) is 0 Å². The summed E-state index contributed by atoms with van der Waals surface area (Å²) in [6.45, 7) is 2.10. The SMILES string of the molecule is Cc1cc(Cl)cc(N(c2ccccc2)c2cccc3c2-c2ccccc2C32c3ccccc3-c3ccccc32)c1. The Bertz CT molecular complexity index is 1870. The number of para-hydroxylation sites is 1. The van der Waals surface area contributed by atoms with Crippen molar-refractivity contribution in [1.82, 2.24) is 0 Å². The van der Waals surface area contributed by atoms with Crippen LogP contribution in [-0.4, -0.2) is 0 Å². The molecule has 2 aliphatic rings. The summed E-state index contributed by atoms with van der Waals surface area (Å²) in [4.78, 5) is 2.36. The molecule has 0 fully saturated rings. The predicted molar refractivity (Wildman–Crippen MR) is 167 cm³/mol. The van der Waals surface area contributed by atoms with Gasteiger partial charge in [0.25, 0.3) is 0 Å². The van der Waals surface area contributed by atoms with Crippen molar-refractivity contribution in [2.24, 2.45) is 0 Å². The first-order valence-electron chi connectivity index (χ1n) is 13.7. The molecule has 0 unspecified atom stereocenters. The number of rotatable bonds is 3. The highest BCUT2D eigenvalue weighted by molar-refractivity contribution is 6.31. The molecule has 0 N–H and O–H groups in total. The zero-order valence-corrected chi connectivity index (χ0v) is 22.9. The van der Waals surface area contributed by atoms with Crippen LogP contribution in [0.15, 0.2) is 140 Å². The van der Waals surface area contributed by atoms with E-state index in [1.807, 2.05) is 6.07 Å². The molecule has 1 spiro atoms. The van der Waals surface area contributed by atoms with Crippen LogP contribution in [0.5, 0.6) is 0 Å². The van der Waals surface area contributed by atoms with E-state index in [-0.39, 0.29) is 5.41 Å².